The van der Waals surface area contributed by atoms with E-state index < -0.39 is 4.92 Å². The molecule has 0 bridgehead atoms. The third-order valence-electron chi connectivity index (χ3n) is 1.87. The van der Waals surface area contributed by atoms with Crippen molar-refractivity contribution in [3.8, 4) is 0 Å². The van der Waals surface area contributed by atoms with E-state index in [4.69, 9.17) is 11.6 Å². The van der Waals surface area contributed by atoms with Gasteiger partial charge in [0.15, 0.2) is 5.12 Å². The van der Waals surface area contributed by atoms with Crippen molar-refractivity contribution in [1.82, 2.24) is 0 Å². The van der Waals surface area contributed by atoms with Crippen molar-refractivity contribution in [1.29, 1.82) is 0 Å². The minimum atomic E-state index is -0.482. The van der Waals surface area contributed by atoms with Gasteiger partial charge in [-0.15, -0.1) is 0 Å². The Morgan fingerprint density at radius 3 is 2.88 bits per heavy atom. The molecule has 4 nitrogen and oxygen atoms in total. The molecule has 0 spiro atoms. The first kappa shape index (κ1) is 13.7. The van der Waals surface area contributed by atoms with Crippen molar-refractivity contribution < 1.29 is 9.72 Å². The minimum absolute atomic E-state index is 0.0141. The number of halogens is 1. The van der Waals surface area contributed by atoms with E-state index in [0.29, 0.717) is 16.3 Å². The van der Waals surface area contributed by atoms with Gasteiger partial charge in [0.25, 0.3) is 5.69 Å². The van der Waals surface area contributed by atoms with Crippen LogP contribution in [-0.2, 0) is 4.79 Å². The standard InChI is InChI=1S/C11H10ClNO3S/c1-8(14)17-6-2-3-9-4-5-10(12)7-11(9)13(15)16/h2-5,7H,6H2,1H3. The van der Waals surface area contributed by atoms with Crippen LogP contribution < -0.4 is 0 Å². The Morgan fingerprint density at radius 1 is 1.59 bits per heavy atom. The average Bonchev–Trinajstić information content (AvgIpc) is 2.25. The Morgan fingerprint density at radius 2 is 2.29 bits per heavy atom. The van der Waals surface area contributed by atoms with E-state index in [9.17, 15) is 14.9 Å². The van der Waals surface area contributed by atoms with Crippen molar-refractivity contribution in [2.45, 2.75) is 6.92 Å². The molecule has 0 aliphatic carbocycles. The van der Waals surface area contributed by atoms with Crippen LogP contribution in [0.15, 0.2) is 24.3 Å². The lowest BCUT2D eigenvalue weighted by Gasteiger charge is -1.98. The molecule has 0 aromatic heterocycles. The summed E-state index contributed by atoms with van der Waals surface area (Å²) in [5, 5.41) is 11.1. The van der Waals surface area contributed by atoms with Crippen LogP contribution in [0.4, 0.5) is 5.69 Å². The molecule has 0 unspecified atom stereocenters. The lowest BCUT2D eigenvalue weighted by Crippen LogP contribution is -1.91. The third-order valence-corrected chi connectivity index (χ3v) is 2.87. The molecule has 0 atom stereocenters. The van der Waals surface area contributed by atoms with Crippen LogP contribution in [0.5, 0.6) is 0 Å². The van der Waals surface area contributed by atoms with Gasteiger partial charge in [-0.05, 0) is 12.1 Å². The van der Waals surface area contributed by atoms with E-state index in [2.05, 4.69) is 0 Å². The molecule has 0 aliphatic rings. The zero-order valence-electron chi connectivity index (χ0n) is 9.05. The first-order chi connectivity index (χ1) is 8.00. The quantitative estimate of drug-likeness (QED) is 0.621. The number of carbonyl (C=O) groups is 1. The molecule has 0 fully saturated rings. The van der Waals surface area contributed by atoms with E-state index in [0.717, 1.165) is 11.8 Å². The predicted octanol–water partition coefficient (Wildman–Crippen LogP) is 3.54. The highest BCUT2D eigenvalue weighted by atomic mass is 35.5. The fourth-order valence-corrected chi connectivity index (χ4v) is 1.75. The average molecular weight is 272 g/mol. The summed E-state index contributed by atoms with van der Waals surface area (Å²) in [5.41, 5.74) is 0.435. The lowest BCUT2D eigenvalue weighted by molar-refractivity contribution is -0.385. The van der Waals surface area contributed by atoms with Gasteiger partial charge in [0.05, 0.1) is 10.5 Å². The number of carbonyl (C=O) groups excluding carboxylic acids is 1. The van der Waals surface area contributed by atoms with Crippen molar-refractivity contribution in [3.05, 3.63) is 45.0 Å². The number of nitrogens with zero attached hydrogens (tertiary/aromatic N) is 1. The second kappa shape index (κ2) is 6.42. The van der Waals surface area contributed by atoms with Gasteiger partial charge in [-0.2, -0.15) is 0 Å². The number of nitro benzene ring substituents is 1. The summed E-state index contributed by atoms with van der Waals surface area (Å²) in [6.07, 6.45) is 3.33. The molecule has 0 saturated heterocycles. The second-order valence-electron chi connectivity index (χ2n) is 3.17. The molecule has 1 aromatic carbocycles. The maximum absolute atomic E-state index is 10.8. The SMILES string of the molecule is CC(=O)SCC=Cc1ccc(Cl)cc1[N+](=O)[O-]. The van der Waals surface area contributed by atoms with Crippen LogP contribution in [0.2, 0.25) is 5.02 Å². The van der Waals surface area contributed by atoms with Gasteiger partial charge in [-0.3, -0.25) is 14.9 Å². The number of hydrogen-bond acceptors (Lipinski definition) is 4. The smallest absolute Gasteiger partial charge is 0.278 e. The van der Waals surface area contributed by atoms with Gasteiger partial charge in [0, 0.05) is 23.8 Å². The van der Waals surface area contributed by atoms with Gasteiger partial charge in [0.2, 0.25) is 0 Å². The molecule has 0 saturated carbocycles. The van der Waals surface area contributed by atoms with Gasteiger partial charge in [-0.1, -0.05) is 35.5 Å². The minimum Gasteiger partial charge on any atom is -0.288 e. The molecule has 0 amide bonds. The van der Waals surface area contributed by atoms with E-state index in [-0.39, 0.29) is 10.8 Å². The number of rotatable bonds is 4. The molecule has 0 radical (unpaired) electrons. The summed E-state index contributed by atoms with van der Waals surface area (Å²) in [6.45, 7) is 1.48. The second-order valence-corrected chi connectivity index (χ2v) is 4.80. The number of hydrogen-bond donors (Lipinski definition) is 0. The van der Waals surface area contributed by atoms with Gasteiger partial charge >= 0.3 is 0 Å². The van der Waals surface area contributed by atoms with Gasteiger partial charge in [0.1, 0.15) is 0 Å². The third kappa shape index (κ3) is 4.58. The van der Waals surface area contributed by atoms with Crippen LogP contribution in [-0.4, -0.2) is 15.8 Å². The Balaban J connectivity index is 2.83. The highest BCUT2D eigenvalue weighted by Crippen LogP contribution is 2.24. The maximum Gasteiger partial charge on any atom is 0.278 e. The Bertz CT molecular complexity index is 474. The lowest BCUT2D eigenvalue weighted by atomic mass is 10.1. The molecular formula is C11H10ClNO3S. The Kier molecular flexibility index (Phi) is 5.18. The number of nitro groups is 1. The normalized spacial score (nSPS) is 10.7. The van der Waals surface area contributed by atoms with E-state index >= 15 is 0 Å². The molecule has 0 aliphatic heterocycles. The van der Waals surface area contributed by atoms with E-state index in [1.165, 1.54) is 13.0 Å². The molecule has 0 N–H and O–H groups in total. The van der Waals surface area contributed by atoms with E-state index in [1.807, 2.05) is 0 Å². The molecule has 90 valence electrons. The van der Waals surface area contributed by atoms with Crippen molar-refractivity contribution >= 4 is 40.2 Å². The fraction of sp³-hybridized carbons (Fsp3) is 0.182. The van der Waals surface area contributed by atoms with Crippen molar-refractivity contribution in [2.75, 3.05) is 5.75 Å². The molecular weight excluding hydrogens is 262 g/mol. The highest BCUT2D eigenvalue weighted by molar-refractivity contribution is 8.13. The van der Waals surface area contributed by atoms with Gasteiger partial charge < -0.3 is 0 Å². The van der Waals surface area contributed by atoms with Crippen molar-refractivity contribution in [3.63, 3.8) is 0 Å². The molecule has 1 aromatic rings. The largest absolute Gasteiger partial charge is 0.288 e. The van der Waals surface area contributed by atoms with Crippen LogP contribution in [0.25, 0.3) is 6.08 Å². The van der Waals surface area contributed by atoms with Crippen LogP contribution in [0.1, 0.15) is 12.5 Å². The van der Waals surface area contributed by atoms with Crippen LogP contribution in [0.3, 0.4) is 0 Å². The van der Waals surface area contributed by atoms with Crippen molar-refractivity contribution in [2.24, 2.45) is 0 Å². The zero-order chi connectivity index (χ0) is 12.8. The topological polar surface area (TPSA) is 60.2 Å². The summed E-state index contributed by atoms with van der Waals surface area (Å²) >= 11 is 6.83. The summed E-state index contributed by atoms with van der Waals surface area (Å²) in [7, 11) is 0. The Hall–Kier alpha value is -1.33. The fourth-order valence-electron chi connectivity index (χ4n) is 1.16. The monoisotopic (exact) mass is 271 g/mol. The van der Waals surface area contributed by atoms with Gasteiger partial charge in [-0.25, -0.2) is 0 Å². The number of thioether (sulfide) groups is 1. The molecule has 6 heteroatoms. The first-order valence-electron chi connectivity index (χ1n) is 4.74. The Labute approximate surface area is 108 Å². The summed E-state index contributed by atoms with van der Waals surface area (Å²) in [4.78, 5) is 21.0. The van der Waals surface area contributed by atoms with Crippen LogP contribution >= 0.6 is 23.4 Å². The highest BCUT2D eigenvalue weighted by Gasteiger charge is 2.11. The molecule has 1 rings (SSSR count). The van der Waals surface area contributed by atoms with Crippen LogP contribution in [0, 0.1) is 10.1 Å². The number of benzene rings is 1. The maximum atomic E-state index is 10.8. The molecule has 0 heterocycles. The summed E-state index contributed by atoms with van der Waals surface area (Å²) in [5.74, 6) is 0.495. The molecule has 17 heavy (non-hydrogen) atoms. The first-order valence-corrected chi connectivity index (χ1v) is 6.11. The summed E-state index contributed by atoms with van der Waals surface area (Å²) in [6, 6.07) is 4.47. The zero-order valence-corrected chi connectivity index (χ0v) is 10.6. The predicted molar refractivity (Wildman–Crippen MR) is 70.3 cm³/mol. The van der Waals surface area contributed by atoms with E-state index in [1.54, 1.807) is 24.3 Å². The summed E-state index contributed by atoms with van der Waals surface area (Å²) < 4.78 is 0.